The summed E-state index contributed by atoms with van der Waals surface area (Å²) < 4.78 is 2.26. The lowest BCUT2D eigenvalue weighted by Gasteiger charge is -2.21. The van der Waals surface area contributed by atoms with Gasteiger partial charge >= 0.3 is 0 Å². The Kier molecular flexibility index (Phi) is 5.36. The molecule has 0 aliphatic rings. The quantitative estimate of drug-likeness (QED) is 0.835. The first kappa shape index (κ1) is 14.8. The molecule has 0 fully saturated rings. The summed E-state index contributed by atoms with van der Waals surface area (Å²) in [7, 11) is 0. The number of nitrogens with one attached hydrogen (secondary N) is 1. The molecule has 1 heterocycles. The van der Waals surface area contributed by atoms with Gasteiger partial charge in [0.15, 0.2) is 0 Å². The Bertz CT molecular complexity index is 513. The van der Waals surface area contributed by atoms with Crippen LogP contribution >= 0.6 is 0 Å². The molecule has 0 amide bonds. The summed E-state index contributed by atoms with van der Waals surface area (Å²) >= 11 is 0. The van der Waals surface area contributed by atoms with Crippen molar-refractivity contribution >= 4 is 0 Å². The SMILES string of the molecule is CCCNC(Cn1ccnc1CC)c1ccc(C)cc1. The molecule has 3 heteroatoms. The van der Waals surface area contributed by atoms with Crippen LogP contribution in [-0.2, 0) is 13.0 Å². The molecule has 3 nitrogen and oxygen atoms in total. The third-order valence-electron chi connectivity index (χ3n) is 3.62. The number of rotatable bonds is 7. The molecule has 108 valence electrons. The Balaban J connectivity index is 2.17. The molecule has 0 saturated carbocycles. The first-order valence-corrected chi connectivity index (χ1v) is 7.54. The van der Waals surface area contributed by atoms with Crippen molar-refractivity contribution in [1.29, 1.82) is 0 Å². The highest BCUT2D eigenvalue weighted by atomic mass is 15.1. The lowest BCUT2D eigenvalue weighted by atomic mass is 10.0. The van der Waals surface area contributed by atoms with Crippen LogP contribution < -0.4 is 5.32 Å². The van der Waals surface area contributed by atoms with Gasteiger partial charge in [0, 0.05) is 25.4 Å². The van der Waals surface area contributed by atoms with E-state index in [0.29, 0.717) is 6.04 Å². The summed E-state index contributed by atoms with van der Waals surface area (Å²) in [6.07, 6.45) is 6.09. The fourth-order valence-electron chi connectivity index (χ4n) is 2.42. The van der Waals surface area contributed by atoms with Crippen molar-refractivity contribution in [1.82, 2.24) is 14.9 Å². The smallest absolute Gasteiger partial charge is 0.108 e. The van der Waals surface area contributed by atoms with E-state index in [1.807, 2.05) is 6.20 Å². The Morgan fingerprint density at radius 1 is 1.20 bits per heavy atom. The zero-order valence-electron chi connectivity index (χ0n) is 12.8. The second-order valence-corrected chi connectivity index (χ2v) is 5.27. The Morgan fingerprint density at radius 3 is 2.60 bits per heavy atom. The molecule has 1 atom stereocenters. The minimum Gasteiger partial charge on any atom is -0.333 e. The Hall–Kier alpha value is -1.61. The van der Waals surface area contributed by atoms with E-state index in [4.69, 9.17) is 0 Å². The number of imidazole rings is 1. The van der Waals surface area contributed by atoms with Crippen molar-refractivity contribution in [3.8, 4) is 0 Å². The number of aryl methyl sites for hydroxylation is 2. The van der Waals surface area contributed by atoms with Crippen LogP contribution in [0, 0.1) is 6.92 Å². The lowest BCUT2D eigenvalue weighted by Crippen LogP contribution is -2.26. The van der Waals surface area contributed by atoms with Crippen LogP contribution in [0.15, 0.2) is 36.7 Å². The summed E-state index contributed by atoms with van der Waals surface area (Å²) in [6.45, 7) is 8.46. The monoisotopic (exact) mass is 271 g/mol. The van der Waals surface area contributed by atoms with E-state index in [0.717, 1.165) is 31.8 Å². The number of benzene rings is 1. The molecule has 0 saturated heterocycles. The first-order valence-electron chi connectivity index (χ1n) is 7.54. The molecule has 1 N–H and O–H groups in total. The zero-order valence-corrected chi connectivity index (χ0v) is 12.8. The first-order chi connectivity index (χ1) is 9.74. The van der Waals surface area contributed by atoms with Crippen LogP contribution in [0.5, 0.6) is 0 Å². The average Bonchev–Trinajstić information content (AvgIpc) is 2.91. The van der Waals surface area contributed by atoms with E-state index < -0.39 is 0 Å². The van der Waals surface area contributed by atoms with E-state index in [9.17, 15) is 0 Å². The maximum atomic E-state index is 4.41. The average molecular weight is 271 g/mol. The maximum absolute atomic E-state index is 4.41. The second-order valence-electron chi connectivity index (χ2n) is 5.27. The van der Waals surface area contributed by atoms with Crippen LogP contribution in [0.1, 0.15) is 43.3 Å². The topological polar surface area (TPSA) is 29.9 Å². The molecular weight excluding hydrogens is 246 g/mol. The minimum absolute atomic E-state index is 0.343. The number of nitrogens with zero attached hydrogens (tertiary/aromatic N) is 2. The molecule has 2 rings (SSSR count). The zero-order chi connectivity index (χ0) is 14.4. The predicted molar refractivity (Wildman–Crippen MR) is 83.8 cm³/mol. The highest BCUT2D eigenvalue weighted by Gasteiger charge is 2.12. The number of hydrogen-bond donors (Lipinski definition) is 1. The largest absolute Gasteiger partial charge is 0.333 e. The van der Waals surface area contributed by atoms with Crippen LogP contribution in [0.3, 0.4) is 0 Å². The summed E-state index contributed by atoms with van der Waals surface area (Å²) in [5, 5.41) is 3.65. The van der Waals surface area contributed by atoms with Gasteiger partial charge in [0.25, 0.3) is 0 Å². The molecular formula is C17H25N3. The third-order valence-corrected chi connectivity index (χ3v) is 3.62. The van der Waals surface area contributed by atoms with Gasteiger partial charge in [-0.3, -0.25) is 0 Å². The predicted octanol–water partition coefficient (Wildman–Crippen LogP) is 3.49. The normalized spacial score (nSPS) is 12.6. The van der Waals surface area contributed by atoms with E-state index in [1.165, 1.54) is 11.1 Å². The number of aromatic nitrogens is 2. The van der Waals surface area contributed by atoms with Gasteiger partial charge in [-0.25, -0.2) is 4.98 Å². The van der Waals surface area contributed by atoms with Gasteiger partial charge in [0.2, 0.25) is 0 Å². The third kappa shape index (κ3) is 3.70. The highest BCUT2D eigenvalue weighted by molar-refractivity contribution is 5.24. The maximum Gasteiger partial charge on any atom is 0.108 e. The second kappa shape index (κ2) is 7.25. The van der Waals surface area contributed by atoms with Crippen LogP contribution in [-0.4, -0.2) is 16.1 Å². The van der Waals surface area contributed by atoms with Gasteiger partial charge in [-0.05, 0) is 25.5 Å². The van der Waals surface area contributed by atoms with Crippen molar-refractivity contribution in [2.75, 3.05) is 6.54 Å². The van der Waals surface area contributed by atoms with Gasteiger partial charge in [0.05, 0.1) is 6.04 Å². The van der Waals surface area contributed by atoms with Gasteiger partial charge in [0.1, 0.15) is 5.82 Å². The van der Waals surface area contributed by atoms with Crippen molar-refractivity contribution in [3.63, 3.8) is 0 Å². The van der Waals surface area contributed by atoms with Crippen molar-refractivity contribution in [2.45, 2.75) is 46.2 Å². The summed E-state index contributed by atoms with van der Waals surface area (Å²) in [5.41, 5.74) is 2.65. The lowest BCUT2D eigenvalue weighted by molar-refractivity contribution is 0.455. The number of hydrogen-bond acceptors (Lipinski definition) is 2. The minimum atomic E-state index is 0.343. The molecule has 2 aromatic rings. The van der Waals surface area contributed by atoms with Gasteiger partial charge < -0.3 is 9.88 Å². The van der Waals surface area contributed by atoms with Crippen LogP contribution in [0.4, 0.5) is 0 Å². The van der Waals surface area contributed by atoms with Crippen molar-refractivity contribution in [3.05, 3.63) is 53.6 Å². The molecule has 0 aliphatic heterocycles. The molecule has 1 unspecified atom stereocenters. The van der Waals surface area contributed by atoms with Crippen molar-refractivity contribution in [2.24, 2.45) is 0 Å². The summed E-state index contributed by atoms with van der Waals surface area (Å²) in [5.74, 6) is 1.15. The fraction of sp³-hybridized carbons (Fsp3) is 0.471. The van der Waals surface area contributed by atoms with Crippen molar-refractivity contribution < 1.29 is 0 Å². The molecule has 0 bridgehead atoms. The van der Waals surface area contributed by atoms with E-state index in [1.54, 1.807) is 0 Å². The standard InChI is InChI=1S/C17H25N3/c1-4-10-18-16(15-8-6-14(3)7-9-15)13-20-12-11-19-17(20)5-2/h6-9,11-12,16,18H,4-5,10,13H2,1-3H3. The van der Waals surface area contributed by atoms with Gasteiger partial charge in [-0.2, -0.15) is 0 Å². The van der Waals surface area contributed by atoms with Gasteiger partial charge in [-0.1, -0.05) is 43.7 Å². The van der Waals surface area contributed by atoms with Crippen LogP contribution in [0.25, 0.3) is 0 Å². The molecule has 0 spiro atoms. The molecule has 1 aromatic heterocycles. The fourth-order valence-corrected chi connectivity index (χ4v) is 2.42. The Labute approximate surface area is 122 Å². The van der Waals surface area contributed by atoms with Crippen LogP contribution in [0.2, 0.25) is 0 Å². The molecule has 0 aliphatic carbocycles. The molecule has 1 aromatic carbocycles. The highest BCUT2D eigenvalue weighted by Crippen LogP contribution is 2.17. The van der Waals surface area contributed by atoms with E-state index in [2.05, 4.69) is 66.1 Å². The van der Waals surface area contributed by atoms with E-state index in [-0.39, 0.29) is 0 Å². The molecule has 0 radical (unpaired) electrons. The Morgan fingerprint density at radius 2 is 1.95 bits per heavy atom. The van der Waals surface area contributed by atoms with Gasteiger partial charge in [-0.15, -0.1) is 0 Å². The summed E-state index contributed by atoms with van der Waals surface area (Å²) in [6, 6.07) is 9.17. The molecule has 20 heavy (non-hydrogen) atoms. The summed E-state index contributed by atoms with van der Waals surface area (Å²) in [4.78, 5) is 4.41. The van der Waals surface area contributed by atoms with E-state index >= 15 is 0 Å².